The molecule has 116 valence electrons. The molecule has 1 aliphatic carbocycles. The van der Waals surface area contributed by atoms with Crippen LogP contribution in [0.4, 0.5) is 0 Å². The molecule has 2 aliphatic rings. The van der Waals surface area contributed by atoms with Crippen LogP contribution in [-0.2, 0) is 17.8 Å². The van der Waals surface area contributed by atoms with Gasteiger partial charge in [0.2, 0.25) is 5.91 Å². The Bertz CT molecular complexity index is 485. The number of nitrogens with one attached hydrogen (secondary N) is 1. The van der Waals surface area contributed by atoms with Crippen LogP contribution in [0.25, 0.3) is 0 Å². The molecule has 1 atom stereocenters. The lowest BCUT2D eigenvalue weighted by molar-refractivity contribution is -0.135. The molecule has 1 N–H and O–H groups in total. The Morgan fingerprint density at radius 3 is 2.52 bits per heavy atom. The van der Waals surface area contributed by atoms with Crippen molar-refractivity contribution in [3.05, 3.63) is 35.4 Å². The van der Waals surface area contributed by atoms with E-state index in [1.54, 1.807) is 0 Å². The van der Waals surface area contributed by atoms with Gasteiger partial charge >= 0.3 is 0 Å². The van der Waals surface area contributed by atoms with Crippen molar-refractivity contribution in [1.82, 2.24) is 10.2 Å². The number of carbonyl (C=O) groups excluding carboxylic acids is 1. The Morgan fingerprint density at radius 1 is 1.14 bits per heavy atom. The van der Waals surface area contributed by atoms with Gasteiger partial charge in [-0.2, -0.15) is 0 Å². The lowest BCUT2D eigenvalue weighted by Crippen LogP contribution is -2.51. The van der Waals surface area contributed by atoms with Crippen LogP contribution in [0.15, 0.2) is 24.3 Å². The Hall–Kier alpha value is -1.06. The standard InChI is InChI=1S/C17H24N2O.ClH/c1-19(15-9-3-2-4-10-15)17(20)16-11-13-7-5-6-8-14(13)12-18-16;/h5-8,15-16,18H,2-4,9-12H2,1H3;1H. The zero-order valence-electron chi connectivity index (χ0n) is 12.7. The molecule has 0 saturated heterocycles. The van der Waals surface area contributed by atoms with E-state index < -0.39 is 0 Å². The third kappa shape index (κ3) is 3.58. The highest BCUT2D eigenvalue weighted by Gasteiger charge is 2.30. The average Bonchev–Trinajstić information content (AvgIpc) is 2.54. The molecule has 0 bridgehead atoms. The quantitative estimate of drug-likeness (QED) is 0.911. The van der Waals surface area contributed by atoms with E-state index in [4.69, 9.17) is 0 Å². The molecule has 1 amide bonds. The third-order valence-electron chi connectivity index (χ3n) is 4.85. The first-order valence-corrected chi connectivity index (χ1v) is 7.82. The molecule has 1 aliphatic heterocycles. The number of likely N-dealkylation sites (N-methyl/N-ethyl adjacent to an activating group) is 1. The molecule has 0 aromatic heterocycles. The number of rotatable bonds is 2. The van der Waals surface area contributed by atoms with Gasteiger partial charge in [0.15, 0.2) is 0 Å². The lowest BCUT2D eigenvalue weighted by Gasteiger charge is -2.35. The van der Waals surface area contributed by atoms with Crippen LogP contribution in [0.5, 0.6) is 0 Å². The Labute approximate surface area is 133 Å². The van der Waals surface area contributed by atoms with Crippen molar-refractivity contribution < 1.29 is 4.79 Å². The van der Waals surface area contributed by atoms with Crippen molar-refractivity contribution in [2.45, 2.75) is 57.2 Å². The monoisotopic (exact) mass is 308 g/mol. The smallest absolute Gasteiger partial charge is 0.240 e. The van der Waals surface area contributed by atoms with E-state index in [0.29, 0.717) is 6.04 Å². The topological polar surface area (TPSA) is 32.3 Å². The van der Waals surface area contributed by atoms with Crippen LogP contribution in [-0.4, -0.2) is 29.9 Å². The zero-order chi connectivity index (χ0) is 13.9. The number of amides is 1. The molecule has 1 heterocycles. The summed E-state index contributed by atoms with van der Waals surface area (Å²) in [5.41, 5.74) is 2.65. The van der Waals surface area contributed by atoms with Gasteiger partial charge in [0.05, 0.1) is 6.04 Å². The highest BCUT2D eigenvalue weighted by molar-refractivity contribution is 5.85. The van der Waals surface area contributed by atoms with Gasteiger partial charge in [-0.25, -0.2) is 0 Å². The number of hydrogen-bond acceptors (Lipinski definition) is 2. The van der Waals surface area contributed by atoms with E-state index in [0.717, 1.165) is 13.0 Å². The maximum atomic E-state index is 12.7. The van der Waals surface area contributed by atoms with Crippen molar-refractivity contribution in [2.75, 3.05) is 7.05 Å². The normalized spacial score (nSPS) is 22.0. The van der Waals surface area contributed by atoms with Crippen LogP contribution in [0, 0.1) is 0 Å². The molecule has 1 aromatic rings. The molecular weight excluding hydrogens is 284 g/mol. The summed E-state index contributed by atoms with van der Waals surface area (Å²) in [7, 11) is 1.99. The number of carbonyl (C=O) groups is 1. The molecule has 21 heavy (non-hydrogen) atoms. The molecule has 1 aromatic carbocycles. The van der Waals surface area contributed by atoms with Crippen LogP contribution >= 0.6 is 12.4 Å². The van der Waals surface area contributed by atoms with E-state index in [2.05, 4.69) is 29.6 Å². The molecule has 0 radical (unpaired) electrons. The maximum Gasteiger partial charge on any atom is 0.240 e. The fourth-order valence-electron chi connectivity index (χ4n) is 3.52. The fourth-order valence-corrected chi connectivity index (χ4v) is 3.52. The summed E-state index contributed by atoms with van der Waals surface area (Å²) in [4.78, 5) is 14.7. The molecule has 0 spiro atoms. The summed E-state index contributed by atoms with van der Waals surface area (Å²) in [6, 6.07) is 8.84. The Kier molecular flexibility index (Phi) is 5.65. The summed E-state index contributed by atoms with van der Waals surface area (Å²) in [6.45, 7) is 0.811. The number of benzene rings is 1. The van der Waals surface area contributed by atoms with Crippen LogP contribution < -0.4 is 5.32 Å². The minimum absolute atomic E-state index is 0. The minimum atomic E-state index is -0.0446. The summed E-state index contributed by atoms with van der Waals surface area (Å²) in [6.07, 6.45) is 7.03. The molecular formula is C17H25ClN2O. The van der Waals surface area contributed by atoms with E-state index >= 15 is 0 Å². The van der Waals surface area contributed by atoms with Crippen molar-refractivity contribution in [1.29, 1.82) is 0 Å². The molecule has 1 saturated carbocycles. The van der Waals surface area contributed by atoms with Gasteiger partial charge in [0.1, 0.15) is 0 Å². The summed E-state index contributed by atoms with van der Waals surface area (Å²) in [5.74, 6) is 0.270. The maximum absolute atomic E-state index is 12.7. The first kappa shape index (κ1) is 16.3. The molecule has 1 fully saturated rings. The van der Waals surface area contributed by atoms with Gasteiger partial charge in [0, 0.05) is 19.6 Å². The second-order valence-corrected chi connectivity index (χ2v) is 6.15. The van der Waals surface area contributed by atoms with Gasteiger partial charge in [-0.05, 0) is 30.4 Å². The van der Waals surface area contributed by atoms with Gasteiger partial charge in [-0.3, -0.25) is 4.79 Å². The van der Waals surface area contributed by atoms with Crippen molar-refractivity contribution in [3.8, 4) is 0 Å². The van der Waals surface area contributed by atoms with Crippen molar-refractivity contribution >= 4 is 18.3 Å². The zero-order valence-corrected chi connectivity index (χ0v) is 13.5. The van der Waals surface area contributed by atoms with Gasteiger partial charge in [-0.1, -0.05) is 43.5 Å². The lowest BCUT2D eigenvalue weighted by atomic mass is 9.92. The number of fused-ring (bicyclic) bond motifs is 1. The Balaban J connectivity index is 0.00000161. The van der Waals surface area contributed by atoms with Crippen molar-refractivity contribution in [3.63, 3.8) is 0 Å². The van der Waals surface area contributed by atoms with Gasteiger partial charge in [0.25, 0.3) is 0 Å². The van der Waals surface area contributed by atoms with Crippen LogP contribution in [0.1, 0.15) is 43.2 Å². The molecule has 3 rings (SSSR count). The Morgan fingerprint density at radius 2 is 1.81 bits per heavy atom. The number of hydrogen-bond donors (Lipinski definition) is 1. The van der Waals surface area contributed by atoms with Gasteiger partial charge < -0.3 is 10.2 Å². The third-order valence-corrected chi connectivity index (χ3v) is 4.85. The van der Waals surface area contributed by atoms with Crippen LogP contribution in [0.2, 0.25) is 0 Å². The predicted molar refractivity (Wildman–Crippen MR) is 87.7 cm³/mol. The first-order chi connectivity index (χ1) is 9.75. The van der Waals surface area contributed by atoms with E-state index in [9.17, 15) is 4.79 Å². The summed E-state index contributed by atoms with van der Waals surface area (Å²) >= 11 is 0. The van der Waals surface area contributed by atoms with Gasteiger partial charge in [-0.15, -0.1) is 12.4 Å². The van der Waals surface area contributed by atoms with E-state index in [-0.39, 0.29) is 24.4 Å². The molecule has 1 unspecified atom stereocenters. The second-order valence-electron chi connectivity index (χ2n) is 6.15. The largest absolute Gasteiger partial charge is 0.341 e. The minimum Gasteiger partial charge on any atom is -0.341 e. The van der Waals surface area contributed by atoms with Crippen LogP contribution in [0.3, 0.4) is 0 Å². The first-order valence-electron chi connectivity index (χ1n) is 7.82. The summed E-state index contributed by atoms with van der Waals surface area (Å²) in [5, 5.41) is 3.40. The number of halogens is 1. The fraction of sp³-hybridized carbons (Fsp3) is 0.588. The van der Waals surface area contributed by atoms with Crippen molar-refractivity contribution in [2.24, 2.45) is 0 Å². The highest BCUT2D eigenvalue weighted by Crippen LogP contribution is 2.23. The molecule has 3 nitrogen and oxygen atoms in total. The van der Waals surface area contributed by atoms with E-state index in [1.165, 1.54) is 43.2 Å². The second kappa shape index (κ2) is 7.28. The van der Waals surface area contributed by atoms with E-state index in [1.807, 2.05) is 11.9 Å². The average molecular weight is 309 g/mol. The summed E-state index contributed by atoms with van der Waals surface area (Å²) < 4.78 is 0. The number of nitrogens with zero attached hydrogens (tertiary/aromatic N) is 1. The predicted octanol–water partition coefficient (Wildman–Crippen LogP) is 2.91. The molecule has 4 heteroatoms. The SMILES string of the molecule is CN(C(=O)C1Cc2ccccc2CN1)C1CCCCC1.Cl. The highest BCUT2D eigenvalue weighted by atomic mass is 35.5.